The van der Waals surface area contributed by atoms with Crippen LogP contribution in [0.2, 0.25) is 0 Å². The van der Waals surface area contributed by atoms with E-state index in [9.17, 15) is 9.59 Å². The second-order valence-corrected chi connectivity index (χ2v) is 5.52. The molecular weight excluding hydrogens is 272 g/mol. The smallest absolute Gasteiger partial charge is 0.317 e. The molecule has 21 heavy (non-hydrogen) atoms. The highest BCUT2D eigenvalue weighted by atomic mass is 16.4. The molecule has 0 aliphatic heterocycles. The van der Waals surface area contributed by atoms with E-state index in [4.69, 9.17) is 5.11 Å². The molecule has 1 saturated carbocycles. The fourth-order valence-corrected chi connectivity index (χ4v) is 2.66. The topological polar surface area (TPSA) is 87.5 Å². The number of amides is 1. The minimum atomic E-state index is -0.810. The monoisotopic (exact) mass is 294 g/mol. The van der Waals surface area contributed by atoms with Crippen LogP contribution in [0.3, 0.4) is 0 Å². The van der Waals surface area contributed by atoms with Gasteiger partial charge in [0.15, 0.2) is 0 Å². The maximum Gasteiger partial charge on any atom is 0.317 e. The van der Waals surface area contributed by atoms with Crippen molar-refractivity contribution in [3.8, 4) is 0 Å². The molecule has 7 heteroatoms. The van der Waals surface area contributed by atoms with E-state index in [0.717, 1.165) is 18.5 Å². The number of rotatable bonds is 6. The summed E-state index contributed by atoms with van der Waals surface area (Å²) in [5.41, 5.74) is 1.43. The highest BCUT2D eigenvalue weighted by molar-refractivity contribution is 5.95. The first-order chi connectivity index (χ1) is 9.92. The van der Waals surface area contributed by atoms with Crippen LogP contribution < -0.4 is 5.32 Å². The molecule has 1 heterocycles. The highest BCUT2D eigenvalue weighted by Gasteiger charge is 2.35. The minimum Gasteiger partial charge on any atom is -0.480 e. The van der Waals surface area contributed by atoms with E-state index in [2.05, 4.69) is 10.4 Å². The van der Waals surface area contributed by atoms with Gasteiger partial charge in [0.25, 0.3) is 5.91 Å². The van der Waals surface area contributed by atoms with E-state index < -0.39 is 5.97 Å². The van der Waals surface area contributed by atoms with E-state index in [1.807, 2.05) is 18.7 Å². The predicted octanol–water partition coefficient (Wildman–Crippen LogP) is 0.396. The fraction of sp³-hybridized carbons (Fsp3) is 0.643. The van der Waals surface area contributed by atoms with Gasteiger partial charge in [-0.05, 0) is 26.3 Å². The third kappa shape index (κ3) is 3.41. The van der Waals surface area contributed by atoms with Gasteiger partial charge in [0.1, 0.15) is 0 Å². The third-order valence-electron chi connectivity index (χ3n) is 4.19. The number of likely N-dealkylation sites (N-methyl/N-ethyl adjacent to an activating group) is 1. The molecule has 0 atom stereocenters. The summed E-state index contributed by atoms with van der Waals surface area (Å²) < 4.78 is 1.67. The van der Waals surface area contributed by atoms with Crippen molar-refractivity contribution in [2.75, 3.05) is 13.1 Å². The summed E-state index contributed by atoms with van der Waals surface area (Å²) in [5.74, 6) is -0.916. The molecule has 0 bridgehead atoms. The Labute approximate surface area is 123 Å². The van der Waals surface area contributed by atoms with Crippen molar-refractivity contribution >= 4 is 11.9 Å². The van der Waals surface area contributed by atoms with Crippen LogP contribution >= 0.6 is 0 Å². The summed E-state index contributed by atoms with van der Waals surface area (Å²) in [7, 11) is 1.80. The number of hydrogen-bond acceptors (Lipinski definition) is 4. The van der Waals surface area contributed by atoms with Crippen molar-refractivity contribution < 1.29 is 14.7 Å². The standard InChI is InChI=1S/C14H22N4O3/c1-4-18(8-13(19)20)11-5-10(6-11)16-14(21)12-7-15-17(3)9(12)2/h7,10-11H,4-6,8H2,1-3H3,(H,16,21)(H,19,20). The first-order valence-corrected chi connectivity index (χ1v) is 7.17. The molecule has 116 valence electrons. The number of hydrogen-bond donors (Lipinski definition) is 2. The molecule has 0 aromatic carbocycles. The quantitative estimate of drug-likeness (QED) is 0.793. The molecule has 1 aliphatic rings. The fourth-order valence-electron chi connectivity index (χ4n) is 2.66. The average Bonchev–Trinajstić information content (AvgIpc) is 2.71. The summed E-state index contributed by atoms with van der Waals surface area (Å²) in [6.45, 7) is 4.58. The molecule has 0 saturated heterocycles. The minimum absolute atomic E-state index is 0.0591. The average molecular weight is 294 g/mol. The van der Waals surface area contributed by atoms with Crippen LogP contribution in [0.15, 0.2) is 6.20 Å². The maximum absolute atomic E-state index is 12.1. The lowest BCUT2D eigenvalue weighted by atomic mass is 9.85. The van der Waals surface area contributed by atoms with Crippen molar-refractivity contribution in [1.82, 2.24) is 20.0 Å². The van der Waals surface area contributed by atoms with Gasteiger partial charge in [-0.25, -0.2) is 0 Å². The molecule has 2 N–H and O–H groups in total. The Kier molecular flexibility index (Phi) is 4.62. The Morgan fingerprint density at radius 1 is 1.52 bits per heavy atom. The number of nitrogens with one attached hydrogen (secondary N) is 1. The van der Waals surface area contributed by atoms with E-state index >= 15 is 0 Å². The van der Waals surface area contributed by atoms with Gasteiger partial charge in [-0.15, -0.1) is 0 Å². The lowest BCUT2D eigenvalue weighted by Gasteiger charge is -2.42. The Morgan fingerprint density at radius 2 is 2.19 bits per heavy atom. The maximum atomic E-state index is 12.1. The van der Waals surface area contributed by atoms with Crippen LogP contribution in [0.5, 0.6) is 0 Å². The van der Waals surface area contributed by atoms with Crippen LogP contribution in [-0.4, -0.2) is 56.8 Å². The summed E-state index contributed by atoms with van der Waals surface area (Å²) >= 11 is 0. The Morgan fingerprint density at radius 3 is 2.67 bits per heavy atom. The first-order valence-electron chi connectivity index (χ1n) is 7.17. The van der Waals surface area contributed by atoms with Gasteiger partial charge in [-0.3, -0.25) is 19.2 Å². The summed E-state index contributed by atoms with van der Waals surface area (Å²) in [6, 6.07) is 0.358. The normalized spacial score (nSPS) is 21.1. The Bertz CT molecular complexity index is 534. The number of carboxylic acid groups (broad SMARTS) is 1. The van der Waals surface area contributed by atoms with Gasteiger partial charge in [0.05, 0.1) is 18.3 Å². The molecule has 0 radical (unpaired) electrons. The molecule has 7 nitrogen and oxygen atoms in total. The molecule has 2 rings (SSSR count). The van der Waals surface area contributed by atoms with E-state index in [0.29, 0.717) is 12.1 Å². The summed E-state index contributed by atoms with van der Waals surface area (Å²) in [5, 5.41) is 15.9. The van der Waals surface area contributed by atoms with Gasteiger partial charge < -0.3 is 10.4 Å². The first kappa shape index (κ1) is 15.5. The van der Waals surface area contributed by atoms with Gasteiger partial charge >= 0.3 is 5.97 Å². The zero-order valence-electron chi connectivity index (χ0n) is 12.7. The third-order valence-corrected chi connectivity index (χ3v) is 4.19. The Balaban J connectivity index is 1.84. The second kappa shape index (κ2) is 6.26. The van der Waals surface area contributed by atoms with E-state index in [1.54, 1.807) is 17.9 Å². The van der Waals surface area contributed by atoms with Crippen molar-refractivity contribution in [1.29, 1.82) is 0 Å². The number of aromatic nitrogens is 2. The van der Waals surface area contributed by atoms with Gasteiger partial charge in [-0.2, -0.15) is 5.10 Å². The van der Waals surface area contributed by atoms with Crippen LogP contribution in [0.1, 0.15) is 35.8 Å². The lowest BCUT2D eigenvalue weighted by Crippen LogP contribution is -2.54. The molecule has 1 aromatic heterocycles. The van der Waals surface area contributed by atoms with Crippen LogP contribution in [0.4, 0.5) is 0 Å². The number of carbonyl (C=O) groups is 2. The van der Waals surface area contributed by atoms with Gasteiger partial charge in [0.2, 0.25) is 0 Å². The van der Waals surface area contributed by atoms with Crippen molar-refractivity contribution in [3.05, 3.63) is 17.5 Å². The van der Waals surface area contributed by atoms with Crippen molar-refractivity contribution in [2.24, 2.45) is 7.05 Å². The molecule has 1 amide bonds. The van der Waals surface area contributed by atoms with Gasteiger partial charge in [0, 0.05) is 24.8 Å². The van der Waals surface area contributed by atoms with Crippen molar-refractivity contribution in [2.45, 2.75) is 38.8 Å². The largest absolute Gasteiger partial charge is 0.480 e. The zero-order chi connectivity index (χ0) is 15.6. The molecule has 1 fully saturated rings. The predicted molar refractivity (Wildman–Crippen MR) is 77.1 cm³/mol. The molecule has 0 unspecified atom stereocenters. The van der Waals surface area contributed by atoms with Crippen LogP contribution in [0, 0.1) is 6.92 Å². The second-order valence-electron chi connectivity index (χ2n) is 5.52. The van der Waals surface area contributed by atoms with Crippen LogP contribution in [0.25, 0.3) is 0 Å². The SMILES string of the molecule is CCN(CC(=O)O)C1CC(NC(=O)c2cnn(C)c2C)C1. The number of carbonyl (C=O) groups excluding carboxylic acids is 1. The van der Waals surface area contributed by atoms with Gasteiger partial charge in [-0.1, -0.05) is 6.92 Å². The van der Waals surface area contributed by atoms with Crippen LogP contribution in [-0.2, 0) is 11.8 Å². The van der Waals surface area contributed by atoms with Crippen molar-refractivity contribution in [3.63, 3.8) is 0 Å². The summed E-state index contributed by atoms with van der Waals surface area (Å²) in [4.78, 5) is 24.8. The molecular formula is C14H22N4O3. The van der Waals surface area contributed by atoms with E-state index in [1.165, 1.54) is 0 Å². The molecule has 0 spiro atoms. The number of nitrogens with zero attached hydrogens (tertiary/aromatic N) is 3. The Hall–Kier alpha value is -1.89. The zero-order valence-corrected chi connectivity index (χ0v) is 12.7. The number of aryl methyl sites for hydroxylation is 1. The highest BCUT2D eigenvalue weighted by Crippen LogP contribution is 2.26. The summed E-state index contributed by atoms with van der Waals surface area (Å²) in [6.07, 6.45) is 3.17. The molecule has 1 aromatic rings. The lowest BCUT2D eigenvalue weighted by molar-refractivity contribution is -0.139. The van der Waals surface area contributed by atoms with E-state index in [-0.39, 0.29) is 24.5 Å². The number of carboxylic acids is 1. The number of aliphatic carboxylic acids is 1. The molecule has 1 aliphatic carbocycles.